The van der Waals surface area contributed by atoms with E-state index in [-0.39, 0.29) is 11.6 Å². The van der Waals surface area contributed by atoms with Crippen molar-refractivity contribution in [3.05, 3.63) is 88.7 Å². The third-order valence-corrected chi connectivity index (χ3v) is 6.75. The van der Waals surface area contributed by atoms with Gasteiger partial charge in [0.15, 0.2) is 5.82 Å². The van der Waals surface area contributed by atoms with Crippen LogP contribution in [0.5, 0.6) is 5.75 Å². The highest BCUT2D eigenvalue weighted by Gasteiger charge is 2.24. The van der Waals surface area contributed by atoms with E-state index >= 15 is 0 Å². The van der Waals surface area contributed by atoms with E-state index in [1.54, 1.807) is 0 Å². The number of aromatic amines is 1. The Morgan fingerprint density at radius 3 is 2.49 bits per heavy atom. The van der Waals surface area contributed by atoms with E-state index in [2.05, 4.69) is 25.3 Å². The van der Waals surface area contributed by atoms with Crippen molar-refractivity contribution in [2.75, 3.05) is 0 Å². The summed E-state index contributed by atoms with van der Waals surface area (Å²) in [6, 6.07) is 24.0. The van der Waals surface area contributed by atoms with Crippen molar-refractivity contribution in [1.29, 1.82) is 0 Å². The molecule has 1 aliphatic rings. The van der Waals surface area contributed by atoms with Crippen molar-refractivity contribution in [3.8, 4) is 22.8 Å². The molecule has 1 saturated carbocycles. The Labute approximate surface area is 202 Å². The van der Waals surface area contributed by atoms with Crippen LogP contribution in [-0.2, 0) is 6.61 Å². The predicted octanol–water partition coefficient (Wildman–Crippen LogP) is 5.06. The molecule has 1 aliphatic carbocycles. The Balaban J connectivity index is 1.40. The van der Waals surface area contributed by atoms with Gasteiger partial charge in [-0.1, -0.05) is 49.6 Å². The molecule has 0 bridgehead atoms. The fourth-order valence-corrected chi connectivity index (χ4v) is 5.01. The Kier molecular flexibility index (Phi) is 5.62. The molecule has 2 heterocycles. The molecule has 35 heavy (non-hydrogen) atoms. The molecule has 0 atom stereocenters. The second kappa shape index (κ2) is 9.21. The van der Waals surface area contributed by atoms with Gasteiger partial charge in [0, 0.05) is 5.56 Å². The fourth-order valence-electron chi connectivity index (χ4n) is 5.01. The zero-order valence-corrected chi connectivity index (χ0v) is 19.3. The summed E-state index contributed by atoms with van der Waals surface area (Å²) < 4.78 is 9.98. The number of ether oxygens (including phenoxy) is 1. The molecule has 1 fully saturated rings. The average molecular weight is 467 g/mol. The van der Waals surface area contributed by atoms with Crippen molar-refractivity contribution >= 4 is 10.9 Å². The lowest BCUT2D eigenvalue weighted by Crippen LogP contribution is -2.25. The van der Waals surface area contributed by atoms with Gasteiger partial charge in [0.1, 0.15) is 12.4 Å². The van der Waals surface area contributed by atoms with Gasteiger partial charge in [-0.3, -0.25) is 9.48 Å². The van der Waals surface area contributed by atoms with Crippen molar-refractivity contribution in [2.45, 2.75) is 44.8 Å². The summed E-state index contributed by atoms with van der Waals surface area (Å²) in [6.07, 6.45) is 5.72. The van der Waals surface area contributed by atoms with E-state index in [0.29, 0.717) is 17.8 Å². The number of nitrogens with zero attached hydrogens (tertiary/aromatic N) is 5. The number of H-pyrrole nitrogens is 1. The normalized spacial score (nSPS) is 14.4. The van der Waals surface area contributed by atoms with E-state index in [9.17, 15) is 4.79 Å². The number of nitrogens with one attached hydrogen (secondary N) is 1. The standard InChI is InChI=1S/C27H26N6O2/c34-27-24-17-20(26-28-30-31-29-26)11-16-25(24)32(21-9-5-2-6-10-21)33(27)22-12-14-23(15-13-22)35-18-19-7-3-1-4-8-19/h1,3-4,7-8,11-17,21H,2,5-6,9-10,18H2,(H,28,29,30,31). The molecule has 0 radical (unpaired) electrons. The molecule has 0 amide bonds. The van der Waals surface area contributed by atoms with Gasteiger partial charge in [0.2, 0.25) is 0 Å². The second-order valence-corrected chi connectivity index (χ2v) is 9.00. The highest BCUT2D eigenvalue weighted by Crippen LogP contribution is 2.32. The average Bonchev–Trinajstić information content (AvgIpc) is 3.56. The molecule has 1 N–H and O–H groups in total. The molecule has 0 aliphatic heterocycles. The van der Waals surface area contributed by atoms with E-state index in [4.69, 9.17) is 4.74 Å². The Morgan fingerprint density at radius 2 is 1.74 bits per heavy atom. The van der Waals surface area contributed by atoms with Gasteiger partial charge in [0.25, 0.3) is 5.56 Å². The van der Waals surface area contributed by atoms with Gasteiger partial charge in [0.05, 0.1) is 22.6 Å². The van der Waals surface area contributed by atoms with Crippen LogP contribution < -0.4 is 10.3 Å². The number of rotatable bonds is 6. The van der Waals surface area contributed by atoms with Crippen molar-refractivity contribution in [1.82, 2.24) is 30.0 Å². The van der Waals surface area contributed by atoms with E-state index < -0.39 is 0 Å². The molecule has 2 aromatic heterocycles. The van der Waals surface area contributed by atoms with Gasteiger partial charge >= 0.3 is 0 Å². The Hall–Kier alpha value is -4.20. The number of hydrogen-bond donors (Lipinski definition) is 1. The van der Waals surface area contributed by atoms with Crippen LogP contribution in [0.4, 0.5) is 0 Å². The lowest BCUT2D eigenvalue weighted by atomic mass is 9.95. The fraction of sp³-hybridized carbons (Fsp3) is 0.259. The highest BCUT2D eigenvalue weighted by atomic mass is 16.5. The summed E-state index contributed by atoms with van der Waals surface area (Å²) in [5.74, 6) is 1.31. The van der Waals surface area contributed by atoms with Crippen molar-refractivity contribution in [3.63, 3.8) is 0 Å². The van der Waals surface area contributed by atoms with Crippen molar-refractivity contribution < 1.29 is 4.74 Å². The molecule has 0 saturated heterocycles. The van der Waals surface area contributed by atoms with E-state index in [1.165, 1.54) is 19.3 Å². The third kappa shape index (κ3) is 4.12. The minimum Gasteiger partial charge on any atom is -0.489 e. The van der Waals surface area contributed by atoms with Crippen LogP contribution in [0.1, 0.15) is 43.7 Å². The number of hydrogen-bond acceptors (Lipinski definition) is 5. The molecular weight excluding hydrogens is 440 g/mol. The molecule has 3 aromatic carbocycles. The number of benzene rings is 3. The van der Waals surface area contributed by atoms with E-state index in [0.717, 1.165) is 40.9 Å². The lowest BCUT2D eigenvalue weighted by Gasteiger charge is -2.26. The Bertz CT molecular complexity index is 1480. The Morgan fingerprint density at radius 1 is 0.943 bits per heavy atom. The summed E-state index contributed by atoms with van der Waals surface area (Å²) in [7, 11) is 0. The summed E-state index contributed by atoms with van der Waals surface area (Å²) in [5.41, 5.74) is 3.62. The SMILES string of the molecule is O=c1c2cc(-c3nnn[nH]3)ccc2n(C2CCCCC2)n1-c1ccc(OCc2ccccc2)cc1. The molecule has 6 rings (SSSR count). The highest BCUT2D eigenvalue weighted by molar-refractivity contribution is 5.84. The minimum atomic E-state index is -0.0437. The van der Waals surface area contributed by atoms with Crippen LogP contribution >= 0.6 is 0 Å². The summed E-state index contributed by atoms with van der Waals surface area (Å²) in [6.45, 7) is 0.502. The summed E-state index contributed by atoms with van der Waals surface area (Å²) in [5, 5.41) is 14.8. The number of tetrazole rings is 1. The van der Waals surface area contributed by atoms with E-state index in [1.807, 2.05) is 77.5 Å². The van der Waals surface area contributed by atoms with Crippen LogP contribution in [0.25, 0.3) is 28.0 Å². The molecule has 8 heteroatoms. The zero-order valence-electron chi connectivity index (χ0n) is 19.3. The molecule has 0 unspecified atom stereocenters. The van der Waals surface area contributed by atoms with Crippen molar-refractivity contribution in [2.24, 2.45) is 0 Å². The maximum atomic E-state index is 13.8. The van der Waals surface area contributed by atoms with Crippen LogP contribution in [0, 0.1) is 0 Å². The van der Waals surface area contributed by atoms with Gasteiger partial charge in [-0.05, 0) is 71.3 Å². The number of aromatic nitrogens is 6. The first-order valence-electron chi connectivity index (χ1n) is 12.1. The van der Waals surface area contributed by atoms with Crippen LogP contribution in [0.15, 0.2) is 77.6 Å². The molecular formula is C27H26N6O2. The molecule has 176 valence electrons. The van der Waals surface area contributed by atoms with Crippen LogP contribution in [-0.4, -0.2) is 30.0 Å². The quantitative estimate of drug-likeness (QED) is 0.378. The first-order valence-corrected chi connectivity index (χ1v) is 12.1. The largest absolute Gasteiger partial charge is 0.489 e. The first-order chi connectivity index (χ1) is 17.3. The van der Waals surface area contributed by atoms with Gasteiger partial charge in [-0.25, -0.2) is 9.78 Å². The van der Waals surface area contributed by atoms with Gasteiger partial charge in [-0.15, -0.1) is 5.10 Å². The summed E-state index contributed by atoms with van der Waals surface area (Å²) >= 11 is 0. The first kappa shape index (κ1) is 21.3. The molecule has 5 aromatic rings. The monoisotopic (exact) mass is 466 g/mol. The lowest BCUT2D eigenvalue weighted by molar-refractivity contribution is 0.305. The summed E-state index contributed by atoms with van der Waals surface area (Å²) in [4.78, 5) is 13.8. The maximum absolute atomic E-state index is 13.8. The smallest absolute Gasteiger partial charge is 0.279 e. The van der Waals surface area contributed by atoms with Crippen LogP contribution in [0.3, 0.4) is 0 Å². The van der Waals surface area contributed by atoms with Crippen LogP contribution in [0.2, 0.25) is 0 Å². The second-order valence-electron chi connectivity index (χ2n) is 9.00. The zero-order chi connectivity index (χ0) is 23.6. The third-order valence-electron chi connectivity index (χ3n) is 6.75. The molecule has 8 nitrogen and oxygen atoms in total. The van der Waals surface area contributed by atoms with Gasteiger partial charge < -0.3 is 4.74 Å². The number of fused-ring (bicyclic) bond motifs is 1. The predicted molar refractivity (Wildman–Crippen MR) is 134 cm³/mol. The minimum absolute atomic E-state index is 0.0437. The maximum Gasteiger partial charge on any atom is 0.279 e. The topological polar surface area (TPSA) is 90.6 Å². The van der Waals surface area contributed by atoms with Gasteiger partial charge in [-0.2, -0.15) is 0 Å². The molecule has 0 spiro atoms.